The van der Waals surface area contributed by atoms with E-state index in [2.05, 4.69) is 10.6 Å². The molecule has 0 bridgehead atoms. The predicted molar refractivity (Wildman–Crippen MR) is 102 cm³/mol. The Morgan fingerprint density at radius 2 is 1.37 bits per heavy atom. The zero-order chi connectivity index (χ0) is 20.5. The molecule has 0 spiro atoms. The van der Waals surface area contributed by atoms with Crippen molar-refractivity contribution < 1.29 is 28.6 Å². The van der Waals surface area contributed by atoms with Crippen molar-refractivity contribution in [2.75, 3.05) is 46.1 Å². The van der Waals surface area contributed by atoms with Crippen LogP contribution < -0.4 is 10.6 Å². The topological polar surface area (TPSA) is 103 Å². The van der Waals surface area contributed by atoms with Crippen molar-refractivity contribution >= 4 is 17.6 Å². The Kier molecular flexibility index (Phi) is 15.7. The van der Waals surface area contributed by atoms with Crippen LogP contribution in [0.1, 0.15) is 47.0 Å². The maximum absolute atomic E-state index is 11.6. The van der Waals surface area contributed by atoms with Gasteiger partial charge in [-0.15, -0.1) is 0 Å². The lowest BCUT2D eigenvalue weighted by Crippen LogP contribution is -2.32. The molecule has 0 aromatic rings. The Morgan fingerprint density at radius 1 is 0.815 bits per heavy atom. The van der Waals surface area contributed by atoms with Crippen molar-refractivity contribution in [2.45, 2.75) is 53.1 Å². The maximum Gasteiger partial charge on any atom is 0.246 e. The van der Waals surface area contributed by atoms with Gasteiger partial charge in [0.2, 0.25) is 11.8 Å². The number of Topliss-reactive ketones (excluding diaryl/α,β-unsaturated/α-hetero) is 1. The van der Waals surface area contributed by atoms with Crippen LogP contribution >= 0.6 is 0 Å². The van der Waals surface area contributed by atoms with Crippen LogP contribution in [-0.2, 0) is 28.6 Å². The van der Waals surface area contributed by atoms with E-state index in [0.717, 1.165) is 6.42 Å². The molecule has 0 aromatic carbocycles. The molecular formula is C19H36N2O6. The fourth-order valence-corrected chi connectivity index (χ4v) is 1.83. The van der Waals surface area contributed by atoms with Gasteiger partial charge in [-0.1, -0.05) is 20.8 Å². The van der Waals surface area contributed by atoms with Crippen LogP contribution in [0.5, 0.6) is 0 Å². The number of hydrogen-bond acceptors (Lipinski definition) is 6. The third-order valence-corrected chi connectivity index (χ3v) is 3.82. The molecule has 1 unspecified atom stereocenters. The number of rotatable bonds is 17. The third kappa shape index (κ3) is 16.4. The predicted octanol–water partition coefficient (Wildman–Crippen LogP) is 1.07. The average molecular weight is 389 g/mol. The largest absolute Gasteiger partial charge is 0.379 e. The average Bonchev–Trinajstić information content (AvgIpc) is 2.64. The SMILES string of the molecule is CCC(C)OCC(=O)NCCOCCC(=O)NCCOCCC(=O)C(C)C. The number of ether oxygens (including phenoxy) is 3. The minimum atomic E-state index is -0.174. The molecule has 8 heteroatoms. The van der Waals surface area contributed by atoms with Crippen molar-refractivity contribution in [1.29, 1.82) is 0 Å². The molecule has 27 heavy (non-hydrogen) atoms. The lowest BCUT2D eigenvalue weighted by atomic mass is 10.1. The van der Waals surface area contributed by atoms with Gasteiger partial charge in [0, 0.05) is 31.8 Å². The van der Waals surface area contributed by atoms with Gasteiger partial charge >= 0.3 is 0 Å². The molecule has 0 heterocycles. The van der Waals surface area contributed by atoms with Gasteiger partial charge in [-0.25, -0.2) is 0 Å². The first-order chi connectivity index (χ1) is 12.9. The Hall–Kier alpha value is -1.51. The highest BCUT2D eigenvalue weighted by Gasteiger charge is 2.07. The van der Waals surface area contributed by atoms with Crippen LogP contribution in [0.4, 0.5) is 0 Å². The summed E-state index contributed by atoms with van der Waals surface area (Å²) in [6.45, 7) is 9.86. The van der Waals surface area contributed by atoms with Crippen molar-refractivity contribution in [3.05, 3.63) is 0 Å². The molecule has 0 aliphatic carbocycles. The van der Waals surface area contributed by atoms with Crippen molar-refractivity contribution in [3.8, 4) is 0 Å². The fourth-order valence-electron chi connectivity index (χ4n) is 1.83. The van der Waals surface area contributed by atoms with Gasteiger partial charge in [-0.05, 0) is 13.3 Å². The number of carbonyl (C=O) groups excluding carboxylic acids is 3. The van der Waals surface area contributed by atoms with Crippen LogP contribution in [0.2, 0.25) is 0 Å². The van der Waals surface area contributed by atoms with E-state index < -0.39 is 0 Å². The molecule has 0 aliphatic rings. The molecule has 1 atom stereocenters. The summed E-state index contributed by atoms with van der Waals surface area (Å²) in [5.41, 5.74) is 0. The Bertz CT molecular complexity index is 428. The van der Waals surface area contributed by atoms with Crippen LogP contribution in [0.25, 0.3) is 0 Å². The molecule has 2 N–H and O–H groups in total. The van der Waals surface area contributed by atoms with E-state index in [9.17, 15) is 14.4 Å². The number of ketones is 1. The Labute approximate surface area is 162 Å². The van der Waals surface area contributed by atoms with Gasteiger partial charge in [-0.3, -0.25) is 14.4 Å². The molecular weight excluding hydrogens is 352 g/mol. The number of nitrogens with one attached hydrogen (secondary N) is 2. The summed E-state index contributed by atoms with van der Waals surface area (Å²) in [5, 5.41) is 5.41. The van der Waals surface area contributed by atoms with Gasteiger partial charge in [0.1, 0.15) is 12.4 Å². The van der Waals surface area contributed by atoms with E-state index in [1.54, 1.807) is 0 Å². The van der Waals surface area contributed by atoms with E-state index in [1.807, 2.05) is 27.7 Å². The van der Waals surface area contributed by atoms with Gasteiger partial charge in [-0.2, -0.15) is 0 Å². The first-order valence-electron chi connectivity index (χ1n) is 9.70. The van der Waals surface area contributed by atoms with Gasteiger partial charge in [0.15, 0.2) is 0 Å². The third-order valence-electron chi connectivity index (χ3n) is 3.82. The summed E-state index contributed by atoms with van der Waals surface area (Å²) in [7, 11) is 0. The molecule has 0 rings (SSSR count). The van der Waals surface area contributed by atoms with Gasteiger partial charge < -0.3 is 24.8 Å². The minimum Gasteiger partial charge on any atom is -0.379 e. The second kappa shape index (κ2) is 16.6. The standard InChI is InChI=1S/C19H36N2O6/c1-5-16(4)27-14-19(24)21-9-13-26-11-7-18(23)20-8-12-25-10-6-17(22)15(2)3/h15-16H,5-14H2,1-4H3,(H,20,23)(H,21,24). The van der Waals surface area contributed by atoms with Gasteiger partial charge in [0.05, 0.1) is 32.5 Å². The molecule has 0 saturated heterocycles. The van der Waals surface area contributed by atoms with Crippen molar-refractivity contribution in [2.24, 2.45) is 5.92 Å². The molecule has 0 fully saturated rings. The summed E-state index contributed by atoms with van der Waals surface area (Å²) in [6.07, 6.45) is 1.58. The second-order valence-corrected chi connectivity index (χ2v) is 6.58. The first-order valence-corrected chi connectivity index (χ1v) is 9.70. The van der Waals surface area contributed by atoms with E-state index in [1.165, 1.54) is 0 Å². The summed E-state index contributed by atoms with van der Waals surface area (Å²) in [6, 6.07) is 0. The van der Waals surface area contributed by atoms with Gasteiger partial charge in [0.25, 0.3) is 0 Å². The van der Waals surface area contributed by atoms with Crippen LogP contribution in [-0.4, -0.2) is 69.8 Å². The quantitative estimate of drug-likeness (QED) is 0.361. The molecule has 0 aromatic heterocycles. The highest BCUT2D eigenvalue weighted by atomic mass is 16.5. The Balaban J connectivity index is 3.42. The van der Waals surface area contributed by atoms with E-state index >= 15 is 0 Å². The fraction of sp³-hybridized carbons (Fsp3) is 0.842. The minimum absolute atomic E-state index is 0.0275. The lowest BCUT2D eigenvalue weighted by molar-refractivity contribution is -0.128. The monoisotopic (exact) mass is 388 g/mol. The molecule has 8 nitrogen and oxygen atoms in total. The Morgan fingerprint density at radius 3 is 1.93 bits per heavy atom. The molecule has 0 saturated carbocycles. The highest BCUT2D eigenvalue weighted by Crippen LogP contribution is 1.98. The molecule has 2 amide bonds. The zero-order valence-electron chi connectivity index (χ0n) is 17.2. The van der Waals surface area contributed by atoms with E-state index in [0.29, 0.717) is 39.3 Å². The van der Waals surface area contributed by atoms with E-state index in [-0.39, 0.29) is 49.3 Å². The maximum atomic E-state index is 11.6. The van der Waals surface area contributed by atoms with Crippen molar-refractivity contribution in [3.63, 3.8) is 0 Å². The van der Waals surface area contributed by atoms with Crippen molar-refractivity contribution in [1.82, 2.24) is 10.6 Å². The van der Waals surface area contributed by atoms with Crippen LogP contribution in [0, 0.1) is 5.92 Å². The molecule has 0 radical (unpaired) electrons. The number of carbonyl (C=O) groups is 3. The van der Waals surface area contributed by atoms with Crippen LogP contribution in [0.3, 0.4) is 0 Å². The van der Waals surface area contributed by atoms with Crippen LogP contribution in [0.15, 0.2) is 0 Å². The number of amides is 2. The lowest BCUT2D eigenvalue weighted by Gasteiger charge is -2.11. The summed E-state index contributed by atoms with van der Waals surface area (Å²) in [4.78, 5) is 34.5. The smallest absolute Gasteiger partial charge is 0.246 e. The normalized spacial score (nSPS) is 12.0. The molecule has 158 valence electrons. The van der Waals surface area contributed by atoms with E-state index in [4.69, 9.17) is 14.2 Å². The zero-order valence-corrected chi connectivity index (χ0v) is 17.2. The second-order valence-electron chi connectivity index (χ2n) is 6.58. The first kappa shape index (κ1) is 25.5. The summed E-state index contributed by atoms with van der Waals surface area (Å²) < 4.78 is 15.9. The highest BCUT2D eigenvalue weighted by molar-refractivity contribution is 5.80. The summed E-state index contributed by atoms with van der Waals surface area (Å²) in [5.74, 6) is -0.0929. The number of hydrogen-bond donors (Lipinski definition) is 2. The summed E-state index contributed by atoms with van der Waals surface area (Å²) >= 11 is 0. The molecule has 0 aliphatic heterocycles.